The summed E-state index contributed by atoms with van der Waals surface area (Å²) in [6, 6.07) is 0.537. The lowest BCUT2D eigenvalue weighted by atomic mass is 10.2. The van der Waals surface area contributed by atoms with Gasteiger partial charge in [-0.2, -0.15) is 0 Å². The average Bonchev–Trinajstić information content (AvgIpc) is 2.84. The lowest BCUT2D eigenvalue weighted by Crippen LogP contribution is -2.37. The Morgan fingerprint density at radius 1 is 1.20 bits per heavy atom. The van der Waals surface area contributed by atoms with E-state index in [1.54, 1.807) is 0 Å². The number of nitrogens with one attached hydrogen (secondary N) is 2. The van der Waals surface area contributed by atoms with Crippen molar-refractivity contribution < 1.29 is 21.6 Å². The summed E-state index contributed by atoms with van der Waals surface area (Å²) in [6.45, 7) is 0.882. The van der Waals surface area contributed by atoms with E-state index in [2.05, 4.69) is 10.0 Å². The van der Waals surface area contributed by atoms with Crippen LogP contribution in [0, 0.1) is 17.5 Å². The molecule has 0 bridgehead atoms. The van der Waals surface area contributed by atoms with Crippen molar-refractivity contribution in [2.24, 2.45) is 0 Å². The topological polar surface area (TPSA) is 58.2 Å². The summed E-state index contributed by atoms with van der Waals surface area (Å²) >= 11 is 0. The normalized spacial score (nSPS) is 18.9. The Kier molecular flexibility index (Phi) is 5.81. The van der Waals surface area contributed by atoms with Gasteiger partial charge < -0.3 is 5.32 Å². The molecule has 1 heterocycles. The van der Waals surface area contributed by atoms with Gasteiger partial charge in [-0.25, -0.2) is 26.3 Å². The summed E-state index contributed by atoms with van der Waals surface area (Å²) in [7, 11) is -4.19. The predicted molar refractivity (Wildman–Crippen MR) is 69.8 cm³/mol. The highest BCUT2D eigenvalue weighted by molar-refractivity contribution is 7.89. The van der Waals surface area contributed by atoms with E-state index in [-0.39, 0.29) is 31.1 Å². The van der Waals surface area contributed by atoms with Crippen LogP contribution in [0.25, 0.3) is 0 Å². The Labute approximate surface area is 121 Å². The number of hydrogen-bond acceptors (Lipinski definition) is 3. The Balaban J connectivity index is 0.00000200. The van der Waals surface area contributed by atoms with Gasteiger partial charge in [-0.05, 0) is 25.5 Å². The lowest BCUT2D eigenvalue weighted by molar-refractivity contribution is 0.480. The summed E-state index contributed by atoms with van der Waals surface area (Å²) in [5.41, 5.74) is 0. The standard InChI is InChI=1S/C11H13F3N2O2S.ClH/c12-8-4-10(14)11(5-9(8)13)19(17,18)16-6-7-2-1-3-15-7;/h4-5,7,15-16H,1-3,6H2;1H. The third kappa shape index (κ3) is 3.85. The predicted octanol–water partition coefficient (Wildman–Crippen LogP) is 1.56. The quantitative estimate of drug-likeness (QED) is 0.824. The van der Waals surface area contributed by atoms with Crippen LogP contribution in [-0.2, 0) is 10.0 Å². The molecular weight excluding hydrogens is 317 g/mol. The second-order valence-corrected chi connectivity index (χ2v) is 6.08. The molecule has 1 aromatic carbocycles. The van der Waals surface area contributed by atoms with Gasteiger partial charge in [-0.15, -0.1) is 12.4 Å². The molecule has 0 saturated carbocycles. The number of hydrogen-bond donors (Lipinski definition) is 2. The zero-order valence-corrected chi connectivity index (χ0v) is 12.0. The maximum atomic E-state index is 13.4. The van der Waals surface area contributed by atoms with Crippen LogP contribution in [0.2, 0.25) is 0 Å². The molecule has 0 spiro atoms. The highest BCUT2D eigenvalue weighted by Gasteiger charge is 2.24. The Bertz CT molecular complexity index is 577. The van der Waals surface area contributed by atoms with Crippen molar-refractivity contribution >= 4 is 22.4 Å². The van der Waals surface area contributed by atoms with E-state index in [0.717, 1.165) is 19.4 Å². The van der Waals surface area contributed by atoms with Crippen LogP contribution in [0.5, 0.6) is 0 Å². The summed E-state index contributed by atoms with van der Waals surface area (Å²) < 4.78 is 64.9. The van der Waals surface area contributed by atoms with Crippen molar-refractivity contribution in [3.05, 3.63) is 29.6 Å². The van der Waals surface area contributed by atoms with Gasteiger partial charge in [0, 0.05) is 18.7 Å². The second-order valence-electron chi connectivity index (χ2n) is 4.34. The van der Waals surface area contributed by atoms with Crippen LogP contribution in [0.3, 0.4) is 0 Å². The zero-order chi connectivity index (χ0) is 14.0. The third-order valence-electron chi connectivity index (χ3n) is 2.95. The fraction of sp³-hybridized carbons (Fsp3) is 0.455. The van der Waals surface area contributed by atoms with Crippen LogP contribution in [0.4, 0.5) is 13.2 Å². The van der Waals surface area contributed by atoms with E-state index in [9.17, 15) is 21.6 Å². The van der Waals surface area contributed by atoms with Gasteiger partial charge >= 0.3 is 0 Å². The molecule has 1 fully saturated rings. The molecule has 0 aromatic heterocycles. The molecule has 1 saturated heterocycles. The van der Waals surface area contributed by atoms with E-state index in [1.165, 1.54) is 0 Å². The molecule has 1 aliphatic rings. The molecule has 1 atom stereocenters. The molecule has 2 rings (SSSR count). The van der Waals surface area contributed by atoms with E-state index in [0.29, 0.717) is 6.07 Å². The van der Waals surface area contributed by atoms with Gasteiger partial charge in [-0.1, -0.05) is 0 Å². The lowest BCUT2D eigenvalue weighted by Gasteiger charge is -2.12. The largest absolute Gasteiger partial charge is 0.313 e. The molecular formula is C11H14ClF3N2O2S. The van der Waals surface area contributed by atoms with Gasteiger partial charge in [0.1, 0.15) is 10.7 Å². The fourth-order valence-electron chi connectivity index (χ4n) is 1.93. The molecule has 114 valence electrons. The summed E-state index contributed by atoms with van der Waals surface area (Å²) in [5, 5.41) is 3.06. The van der Waals surface area contributed by atoms with E-state index >= 15 is 0 Å². The van der Waals surface area contributed by atoms with Crippen LogP contribution >= 0.6 is 12.4 Å². The minimum absolute atomic E-state index is 0. The SMILES string of the molecule is Cl.O=S(=O)(NCC1CCCN1)c1cc(F)c(F)cc1F. The van der Waals surface area contributed by atoms with Crippen molar-refractivity contribution in [2.45, 2.75) is 23.8 Å². The highest BCUT2D eigenvalue weighted by Crippen LogP contribution is 2.18. The highest BCUT2D eigenvalue weighted by atomic mass is 35.5. The molecule has 0 amide bonds. The first-order valence-corrected chi connectivity index (χ1v) is 7.26. The summed E-state index contributed by atoms with van der Waals surface area (Å²) in [4.78, 5) is -0.885. The maximum absolute atomic E-state index is 13.4. The molecule has 20 heavy (non-hydrogen) atoms. The van der Waals surface area contributed by atoms with Crippen molar-refractivity contribution in [1.29, 1.82) is 0 Å². The fourth-order valence-corrected chi connectivity index (χ4v) is 3.08. The molecule has 4 nitrogen and oxygen atoms in total. The number of benzene rings is 1. The monoisotopic (exact) mass is 330 g/mol. The minimum Gasteiger partial charge on any atom is -0.313 e. The van der Waals surface area contributed by atoms with Gasteiger partial charge in [-0.3, -0.25) is 0 Å². The average molecular weight is 331 g/mol. The molecule has 1 aromatic rings. The smallest absolute Gasteiger partial charge is 0.243 e. The molecule has 1 unspecified atom stereocenters. The third-order valence-corrected chi connectivity index (χ3v) is 4.39. The van der Waals surface area contributed by atoms with Gasteiger partial charge in [0.05, 0.1) is 0 Å². The molecule has 0 radical (unpaired) electrons. The van der Waals surface area contributed by atoms with Crippen molar-refractivity contribution in [2.75, 3.05) is 13.1 Å². The first-order chi connectivity index (χ1) is 8.90. The minimum atomic E-state index is -4.19. The van der Waals surface area contributed by atoms with Crippen LogP contribution < -0.4 is 10.0 Å². The van der Waals surface area contributed by atoms with Crippen LogP contribution in [0.15, 0.2) is 17.0 Å². The molecule has 0 aliphatic carbocycles. The van der Waals surface area contributed by atoms with E-state index in [4.69, 9.17) is 0 Å². The maximum Gasteiger partial charge on any atom is 0.243 e. The van der Waals surface area contributed by atoms with E-state index < -0.39 is 32.4 Å². The molecule has 2 N–H and O–H groups in total. The first-order valence-electron chi connectivity index (χ1n) is 5.78. The summed E-state index contributed by atoms with van der Waals surface area (Å²) in [6.07, 6.45) is 1.74. The van der Waals surface area contributed by atoms with Crippen LogP contribution in [0.1, 0.15) is 12.8 Å². The Hall–Kier alpha value is -0.830. The van der Waals surface area contributed by atoms with E-state index in [1.807, 2.05) is 0 Å². The van der Waals surface area contributed by atoms with Crippen molar-refractivity contribution in [3.8, 4) is 0 Å². The molecule has 1 aliphatic heterocycles. The Morgan fingerprint density at radius 2 is 1.85 bits per heavy atom. The van der Waals surface area contributed by atoms with Gasteiger partial charge in [0.15, 0.2) is 11.6 Å². The number of rotatable bonds is 4. The second kappa shape index (κ2) is 6.75. The van der Waals surface area contributed by atoms with Crippen molar-refractivity contribution in [3.63, 3.8) is 0 Å². The van der Waals surface area contributed by atoms with Gasteiger partial charge in [0.2, 0.25) is 10.0 Å². The number of halogens is 4. The van der Waals surface area contributed by atoms with Gasteiger partial charge in [0.25, 0.3) is 0 Å². The van der Waals surface area contributed by atoms with Crippen molar-refractivity contribution in [1.82, 2.24) is 10.0 Å². The number of sulfonamides is 1. The first kappa shape index (κ1) is 17.2. The van der Waals surface area contributed by atoms with Crippen LogP contribution in [-0.4, -0.2) is 27.5 Å². The zero-order valence-electron chi connectivity index (χ0n) is 10.3. The Morgan fingerprint density at radius 3 is 2.45 bits per heavy atom. The molecule has 9 heteroatoms. The summed E-state index contributed by atoms with van der Waals surface area (Å²) in [5.74, 6) is -4.14.